The lowest BCUT2D eigenvalue weighted by atomic mass is 9.72. The number of ether oxygens (including phenoxy) is 1. The fourth-order valence-corrected chi connectivity index (χ4v) is 5.73. The maximum absolute atomic E-state index is 10.6. The van der Waals surface area contributed by atoms with E-state index in [0.29, 0.717) is 24.5 Å². The molecule has 5 rings (SSSR count). The van der Waals surface area contributed by atoms with Gasteiger partial charge < -0.3 is 25.0 Å². The number of fused-ring (bicyclic) bond motifs is 2. The zero-order valence-electron chi connectivity index (χ0n) is 21.9. The molecule has 200 valence electrons. The molecule has 0 spiro atoms. The van der Waals surface area contributed by atoms with Crippen molar-refractivity contribution in [2.45, 2.75) is 57.0 Å². The van der Waals surface area contributed by atoms with E-state index in [4.69, 9.17) is 16.3 Å². The molecule has 2 aliphatic rings. The molecule has 0 bridgehead atoms. The lowest BCUT2D eigenvalue weighted by Crippen LogP contribution is -2.49. The third kappa shape index (κ3) is 5.37. The molecule has 3 heterocycles. The van der Waals surface area contributed by atoms with Crippen LogP contribution < -0.4 is 4.74 Å². The highest BCUT2D eigenvalue weighted by Gasteiger charge is 2.41. The molecule has 1 fully saturated rings. The Labute approximate surface area is 229 Å². The maximum Gasteiger partial charge on any atom is 0.161 e. The molecule has 0 saturated carbocycles. The number of likely N-dealkylation sites (tertiary alicyclic amines) is 1. The first-order chi connectivity index (χ1) is 18.2. The molecule has 6 nitrogen and oxygen atoms in total. The van der Waals surface area contributed by atoms with Gasteiger partial charge >= 0.3 is 0 Å². The fraction of sp³-hybridized carbons (Fsp3) is 0.387. The van der Waals surface area contributed by atoms with E-state index in [-0.39, 0.29) is 0 Å². The van der Waals surface area contributed by atoms with Crippen molar-refractivity contribution < 1.29 is 20.1 Å². The van der Waals surface area contributed by atoms with Crippen LogP contribution in [0.1, 0.15) is 61.1 Å². The van der Waals surface area contributed by atoms with Crippen LogP contribution in [0.5, 0.6) is 5.75 Å². The zero-order valence-corrected chi connectivity index (χ0v) is 22.7. The van der Waals surface area contributed by atoms with Gasteiger partial charge in [-0.25, -0.2) is 0 Å². The van der Waals surface area contributed by atoms with Gasteiger partial charge in [-0.3, -0.25) is 4.98 Å². The molecular formula is C31H35ClN2O4. The van der Waals surface area contributed by atoms with Crippen molar-refractivity contribution in [2.24, 2.45) is 0 Å². The monoisotopic (exact) mass is 534 g/mol. The molecule has 3 N–H and O–H groups in total. The minimum Gasteiger partial charge on any atom is -0.487 e. The van der Waals surface area contributed by atoms with Crippen LogP contribution in [0, 0.1) is 0 Å². The number of pyridine rings is 1. The van der Waals surface area contributed by atoms with Gasteiger partial charge in [0.2, 0.25) is 0 Å². The van der Waals surface area contributed by atoms with Gasteiger partial charge in [-0.2, -0.15) is 0 Å². The van der Waals surface area contributed by atoms with Gasteiger partial charge in [0.1, 0.15) is 12.4 Å². The summed E-state index contributed by atoms with van der Waals surface area (Å²) in [5, 5.41) is 32.0. The highest BCUT2D eigenvalue weighted by Crippen LogP contribution is 2.40. The first-order valence-corrected chi connectivity index (χ1v) is 13.5. The maximum atomic E-state index is 10.6. The van der Waals surface area contributed by atoms with Crippen LogP contribution in [0.3, 0.4) is 0 Å². The van der Waals surface area contributed by atoms with Crippen LogP contribution >= 0.6 is 11.6 Å². The molecule has 3 aromatic rings. The molecule has 1 saturated heterocycles. The predicted molar refractivity (Wildman–Crippen MR) is 149 cm³/mol. The molecular weight excluding hydrogens is 500 g/mol. The summed E-state index contributed by atoms with van der Waals surface area (Å²) < 4.78 is 6.11. The van der Waals surface area contributed by atoms with Crippen LogP contribution in [0.15, 0.2) is 66.9 Å². The third-order valence-electron chi connectivity index (χ3n) is 7.98. The molecule has 0 aliphatic carbocycles. The number of hydrogen-bond donors (Lipinski definition) is 3. The first kappa shape index (κ1) is 26.9. The Hall–Kier alpha value is -2.74. The lowest BCUT2D eigenvalue weighted by molar-refractivity contribution is -0.117. The number of hydrogen-bond acceptors (Lipinski definition) is 6. The van der Waals surface area contributed by atoms with Crippen LogP contribution in [-0.4, -0.2) is 51.1 Å². The van der Waals surface area contributed by atoms with Gasteiger partial charge in [0.05, 0.1) is 11.3 Å². The Balaban J connectivity index is 1.36. The second-order valence-corrected chi connectivity index (χ2v) is 11.3. The van der Waals surface area contributed by atoms with Gasteiger partial charge in [-0.15, -0.1) is 0 Å². The second-order valence-electron chi connectivity index (χ2n) is 10.8. The summed E-state index contributed by atoms with van der Waals surface area (Å²) >= 11 is 6.06. The molecule has 0 unspecified atom stereocenters. The standard InChI is InChI=1S/C31H35ClN2O4/c1-30(2,37)22-9-12-28-26(19-22)24(25-5-3-15-33-27(25)20-38-28)6-4-16-34-17-13-31(14-18-34,29(35)36)21-7-10-23(32)11-8-21/h3,5-12,15,19,29,35-37H,4,13-14,16-18,20H2,1-2H3/b24-6+. The minimum absolute atomic E-state index is 0.394. The third-order valence-corrected chi connectivity index (χ3v) is 8.23. The Morgan fingerprint density at radius 3 is 2.50 bits per heavy atom. The number of benzene rings is 2. The van der Waals surface area contributed by atoms with Crippen LogP contribution in [-0.2, 0) is 17.6 Å². The number of halogens is 1. The van der Waals surface area contributed by atoms with E-state index in [1.54, 1.807) is 20.0 Å². The van der Waals surface area contributed by atoms with E-state index in [1.807, 2.05) is 48.5 Å². The average Bonchev–Trinajstić information content (AvgIpc) is 3.06. The van der Waals surface area contributed by atoms with E-state index in [9.17, 15) is 15.3 Å². The molecule has 38 heavy (non-hydrogen) atoms. The van der Waals surface area contributed by atoms with Crippen molar-refractivity contribution in [1.29, 1.82) is 0 Å². The minimum atomic E-state index is -1.43. The van der Waals surface area contributed by atoms with Crippen molar-refractivity contribution in [3.63, 3.8) is 0 Å². The Morgan fingerprint density at radius 2 is 1.82 bits per heavy atom. The molecule has 2 aromatic carbocycles. The highest BCUT2D eigenvalue weighted by molar-refractivity contribution is 6.30. The highest BCUT2D eigenvalue weighted by atomic mass is 35.5. The van der Waals surface area contributed by atoms with Gasteiger partial charge in [0, 0.05) is 34.3 Å². The van der Waals surface area contributed by atoms with Crippen LogP contribution in [0.4, 0.5) is 0 Å². The molecule has 2 aliphatic heterocycles. The summed E-state index contributed by atoms with van der Waals surface area (Å²) in [5.41, 5.74) is 4.05. The number of rotatable bonds is 6. The van der Waals surface area contributed by atoms with Gasteiger partial charge in [-0.1, -0.05) is 41.9 Å². The van der Waals surface area contributed by atoms with Crippen molar-refractivity contribution in [3.8, 4) is 5.75 Å². The average molecular weight is 535 g/mol. The topological polar surface area (TPSA) is 86.1 Å². The first-order valence-electron chi connectivity index (χ1n) is 13.2. The smallest absolute Gasteiger partial charge is 0.161 e. The van der Waals surface area contributed by atoms with Crippen molar-refractivity contribution in [3.05, 3.63) is 99.8 Å². The number of piperidine rings is 1. The summed E-state index contributed by atoms with van der Waals surface area (Å²) in [6.45, 7) is 6.35. The Morgan fingerprint density at radius 1 is 1.08 bits per heavy atom. The summed E-state index contributed by atoms with van der Waals surface area (Å²) in [6.07, 6.45) is 4.72. The van der Waals surface area contributed by atoms with Gasteiger partial charge in [0.15, 0.2) is 6.29 Å². The molecule has 7 heteroatoms. The van der Waals surface area contributed by atoms with E-state index in [2.05, 4.69) is 22.0 Å². The lowest BCUT2D eigenvalue weighted by Gasteiger charge is -2.43. The van der Waals surface area contributed by atoms with E-state index in [1.165, 1.54) is 0 Å². The second kappa shape index (κ2) is 10.8. The van der Waals surface area contributed by atoms with Crippen molar-refractivity contribution >= 4 is 17.2 Å². The SMILES string of the molecule is CC(C)(O)c1ccc2c(c1)/C(=C/CCN1CCC(c3ccc(Cl)cc3)(C(O)O)CC1)c1cccnc1CO2. The van der Waals surface area contributed by atoms with Gasteiger partial charge in [0.25, 0.3) is 0 Å². The Kier molecular flexibility index (Phi) is 7.63. The molecule has 0 amide bonds. The van der Waals surface area contributed by atoms with E-state index in [0.717, 1.165) is 65.3 Å². The molecule has 0 atom stereocenters. The summed E-state index contributed by atoms with van der Waals surface area (Å²) in [7, 11) is 0. The normalized spacial score (nSPS) is 18.6. The quantitative estimate of drug-likeness (QED) is 0.385. The zero-order chi connectivity index (χ0) is 26.9. The predicted octanol–water partition coefficient (Wildman–Crippen LogP) is 5.02. The van der Waals surface area contributed by atoms with Crippen LogP contribution in [0.25, 0.3) is 5.57 Å². The van der Waals surface area contributed by atoms with Crippen molar-refractivity contribution in [1.82, 2.24) is 9.88 Å². The van der Waals surface area contributed by atoms with Crippen LogP contribution in [0.2, 0.25) is 5.02 Å². The van der Waals surface area contributed by atoms with E-state index < -0.39 is 17.3 Å². The number of aromatic nitrogens is 1. The molecule has 0 radical (unpaired) electrons. The summed E-state index contributed by atoms with van der Waals surface area (Å²) in [4.78, 5) is 6.94. The number of aliphatic hydroxyl groups excluding tert-OH is 1. The Bertz CT molecular complexity index is 1310. The summed E-state index contributed by atoms with van der Waals surface area (Å²) in [5.74, 6) is 0.782. The number of aliphatic hydroxyl groups is 3. The van der Waals surface area contributed by atoms with E-state index >= 15 is 0 Å². The molecule has 1 aromatic heterocycles. The largest absolute Gasteiger partial charge is 0.487 e. The van der Waals surface area contributed by atoms with Crippen molar-refractivity contribution in [2.75, 3.05) is 19.6 Å². The van der Waals surface area contributed by atoms with Gasteiger partial charge in [-0.05, 0) is 93.2 Å². The summed E-state index contributed by atoms with van der Waals surface area (Å²) in [6, 6.07) is 17.3. The number of nitrogens with zero attached hydrogens (tertiary/aromatic N) is 2. The fourth-order valence-electron chi connectivity index (χ4n) is 5.60.